The molecule has 0 amide bonds. The highest BCUT2D eigenvalue weighted by molar-refractivity contribution is 5.66. The molecule has 0 aliphatic rings. The fourth-order valence-electron chi connectivity index (χ4n) is 5.00. The van der Waals surface area contributed by atoms with Gasteiger partial charge in [-0.2, -0.15) is 0 Å². The van der Waals surface area contributed by atoms with Crippen molar-refractivity contribution < 1.29 is 0 Å². The molecule has 0 bridgehead atoms. The molecular weight excluding hydrogens is 400 g/mol. The number of anilines is 2. The van der Waals surface area contributed by atoms with E-state index < -0.39 is 5.41 Å². The summed E-state index contributed by atoms with van der Waals surface area (Å²) in [5.41, 5.74) is 9.74. The summed E-state index contributed by atoms with van der Waals surface area (Å²) in [6.07, 6.45) is 0. The van der Waals surface area contributed by atoms with Crippen LogP contribution >= 0.6 is 0 Å². The first-order valence-corrected chi connectivity index (χ1v) is 11.5. The highest BCUT2D eigenvalue weighted by Crippen LogP contribution is 2.48. The Morgan fingerprint density at radius 1 is 0.485 bits per heavy atom. The lowest BCUT2D eigenvalue weighted by Crippen LogP contribution is -2.33. The Morgan fingerprint density at radius 2 is 0.848 bits per heavy atom. The molecule has 0 aliphatic heterocycles. The zero-order valence-corrected chi connectivity index (χ0v) is 20.6. The fourth-order valence-corrected chi connectivity index (χ4v) is 5.00. The van der Waals surface area contributed by atoms with Crippen molar-refractivity contribution in [1.29, 1.82) is 0 Å². The van der Waals surface area contributed by atoms with E-state index in [1.54, 1.807) is 0 Å². The van der Waals surface area contributed by atoms with Gasteiger partial charge < -0.3 is 9.80 Å². The number of hydrogen-bond donors (Lipinski definition) is 0. The van der Waals surface area contributed by atoms with Crippen molar-refractivity contribution in [3.8, 4) is 0 Å². The Morgan fingerprint density at radius 3 is 1.15 bits per heavy atom. The molecule has 0 spiro atoms. The summed E-state index contributed by atoms with van der Waals surface area (Å²) in [6, 6.07) is 35.6. The maximum absolute atomic E-state index is 2.32. The second-order valence-electron chi connectivity index (χ2n) is 9.27. The largest absolute Gasteiger partial charge is 0.378 e. The molecule has 0 radical (unpaired) electrons. The van der Waals surface area contributed by atoms with E-state index in [-0.39, 0.29) is 0 Å². The Balaban J connectivity index is 2.14. The molecule has 0 saturated heterocycles. The van der Waals surface area contributed by atoms with Crippen molar-refractivity contribution in [1.82, 2.24) is 0 Å². The van der Waals surface area contributed by atoms with Crippen molar-refractivity contribution in [3.05, 3.63) is 130 Å². The maximum atomic E-state index is 2.32. The lowest BCUT2D eigenvalue weighted by Gasteiger charge is -2.39. The van der Waals surface area contributed by atoms with Crippen molar-refractivity contribution in [2.24, 2.45) is 0 Å². The Kier molecular flexibility index (Phi) is 6.29. The van der Waals surface area contributed by atoms with Crippen LogP contribution in [0.2, 0.25) is 0 Å². The van der Waals surface area contributed by atoms with E-state index in [1.807, 2.05) is 0 Å². The number of nitrogens with zero attached hydrogens (tertiary/aromatic N) is 2. The standard InChI is InChI=1S/C31H34N2/c1-23-21-27(32(3)4)17-19-29(23)31(25-13-9-7-10-14-25,26-15-11-8-12-16-26)30-20-18-28(33(5)6)22-24(30)2/h7-22H,1-6H3. The second-order valence-corrected chi connectivity index (χ2v) is 9.27. The van der Waals surface area contributed by atoms with Gasteiger partial charge in [-0.1, -0.05) is 72.8 Å². The van der Waals surface area contributed by atoms with Crippen LogP contribution in [0.5, 0.6) is 0 Å². The lowest BCUT2D eigenvalue weighted by molar-refractivity contribution is 0.731. The molecule has 2 heteroatoms. The van der Waals surface area contributed by atoms with E-state index in [0.29, 0.717) is 0 Å². The minimum atomic E-state index is -0.424. The second kappa shape index (κ2) is 9.15. The number of rotatable bonds is 6. The van der Waals surface area contributed by atoms with Gasteiger partial charge in [-0.3, -0.25) is 0 Å². The van der Waals surface area contributed by atoms with Crippen LogP contribution in [0.3, 0.4) is 0 Å². The molecule has 33 heavy (non-hydrogen) atoms. The maximum Gasteiger partial charge on any atom is 0.0706 e. The van der Waals surface area contributed by atoms with Crippen molar-refractivity contribution >= 4 is 11.4 Å². The predicted molar refractivity (Wildman–Crippen MR) is 143 cm³/mol. The van der Waals surface area contributed by atoms with Gasteiger partial charge in [-0.25, -0.2) is 0 Å². The zero-order valence-electron chi connectivity index (χ0n) is 20.6. The van der Waals surface area contributed by atoms with Crippen LogP contribution in [0.25, 0.3) is 0 Å². The van der Waals surface area contributed by atoms with Gasteiger partial charge in [0.2, 0.25) is 0 Å². The van der Waals surface area contributed by atoms with Crippen LogP contribution in [0.15, 0.2) is 97.1 Å². The zero-order chi connectivity index (χ0) is 23.6. The lowest BCUT2D eigenvalue weighted by atomic mass is 9.63. The molecule has 4 aromatic carbocycles. The minimum absolute atomic E-state index is 0.424. The van der Waals surface area contributed by atoms with Crippen molar-refractivity contribution in [3.63, 3.8) is 0 Å². The highest BCUT2D eigenvalue weighted by Gasteiger charge is 2.40. The summed E-state index contributed by atoms with van der Waals surface area (Å²) in [5, 5.41) is 0. The smallest absolute Gasteiger partial charge is 0.0706 e. The van der Waals surface area contributed by atoms with E-state index in [9.17, 15) is 0 Å². The summed E-state index contributed by atoms with van der Waals surface area (Å²) in [5.74, 6) is 0. The van der Waals surface area contributed by atoms with Gasteiger partial charge in [-0.15, -0.1) is 0 Å². The van der Waals surface area contributed by atoms with Gasteiger partial charge in [0.15, 0.2) is 0 Å². The van der Waals surface area contributed by atoms with Crippen LogP contribution in [0.1, 0.15) is 33.4 Å². The van der Waals surface area contributed by atoms with E-state index in [1.165, 1.54) is 44.8 Å². The topological polar surface area (TPSA) is 6.48 Å². The fraction of sp³-hybridized carbons (Fsp3) is 0.226. The summed E-state index contributed by atoms with van der Waals surface area (Å²) in [6.45, 7) is 4.49. The van der Waals surface area contributed by atoms with Crippen LogP contribution in [-0.2, 0) is 5.41 Å². The first-order chi connectivity index (χ1) is 15.9. The normalized spacial score (nSPS) is 11.3. The predicted octanol–water partition coefficient (Wildman–Crippen LogP) is 6.82. The Labute approximate surface area is 199 Å². The van der Waals surface area contributed by atoms with Gasteiger partial charge in [0, 0.05) is 39.6 Å². The van der Waals surface area contributed by atoms with Crippen molar-refractivity contribution in [2.45, 2.75) is 19.3 Å². The molecule has 4 aromatic rings. The van der Waals surface area contributed by atoms with Crippen LogP contribution in [0, 0.1) is 13.8 Å². The van der Waals surface area contributed by atoms with E-state index in [4.69, 9.17) is 0 Å². The average molecular weight is 435 g/mol. The SMILES string of the molecule is Cc1cc(N(C)C)ccc1C(c1ccccc1)(c1ccccc1)c1ccc(N(C)C)cc1C. The number of aryl methyl sites for hydroxylation is 2. The average Bonchev–Trinajstić information content (AvgIpc) is 2.82. The van der Waals surface area contributed by atoms with Gasteiger partial charge >= 0.3 is 0 Å². The van der Waals surface area contributed by atoms with Crippen LogP contribution < -0.4 is 9.80 Å². The number of benzene rings is 4. The molecule has 0 heterocycles. The highest BCUT2D eigenvalue weighted by atomic mass is 15.1. The monoisotopic (exact) mass is 434 g/mol. The summed E-state index contributed by atoms with van der Waals surface area (Å²) >= 11 is 0. The summed E-state index contributed by atoms with van der Waals surface area (Å²) in [7, 11) is 8.39. The van der Waals surface area contributed by atoms with E-state index >= 15 is 0 Å². The van der Waals surface area contributed by atoms with E-state index in [2.05, 4.69) is 149 Å². The summed E-state index contributed by atoms with van der Waals surface area (Å²) < 4.78 is 0. The molecule has 0 aliphatic carbocycles. The first-order valence-electron chi connectivity index (χ1n) is 11.5. The molecule has 0 atom stereocenters. The molecule has 168 valence electrons. The molecular formula is C31H34N2. The van der Waals surface area contributed by atoms with Gasteiger partial charge in [0.25, 0.3) is 0 Å². The molecule has 0 aromatic heterocycles. The van der Waals surface area contributed by atoms with Gasteiger partial charge in [0.1, 0.15) is 0 Å². The molecule has 2 nitrogen and oxygen atoms in total. The molecule has 4 rings (SSSR count). The Bertz CT molecular complexity index is 1130. The van der Waals surface area contributed by atoms with Crippen LogP contribution in [-0.4, -0.2) is 28.2 Å². The molecule has 0 fully saturated rings. The summed E-state index contributed by atoms with van der Waals surface area (Å²) in [4.78, 5) is 4.33. The third kappa shape index (κ3) is 4.02. The first kappa shape index (κ1) is 22.7. The quantitative estimate of drug-likeness (QED) is 0.307. The Hall–Kier alpha value is -3.52. The van der Waals surface area contributed by atoms with Gasteiger partial charge in [0.05, 0.1) is 5.41 Å². The van der Waals surface area contributed by atoms with Crippen LogP contribution in [0.4, 0.5) is 11.4 Å². The molecule has 0 unspecified atom stereocenters. The molecule has 0 N–H and O–H groups in total. The third-order valence-electron chi connectivity index (χ3n) is 6.67. The number of hydrogen-bond acceptors (Lipinski definition) is 2. The van der Waals surface area contributed by atoms with E-state index in [0.717, 1.165) is 0 Å². The molecule has 0 saturated carbocycles. The minimum Gasteiger partial charge on any atom is -0.378 e. The third-order valence-corrected chi connectivity index (χ3v) is 6.67. The van der Waals surface area contributed by atoms with Gasteiger partial charge in [-0.05, 0) is 71.5 Å². The van der Waals surface area contributed by atoms with Crippen molar-refractivity contribution in [2.75, 3.05) is 38.0 Å².